The number of aliphatic hydroxyl groups excluding tert-OH is 1. The first-order chi connectivity index (χ1) is 6.86. The van der Waals surface area contributed by atoms with Crippen LogP contribution in [0.3, 0.4) is 0 Å². The van der Waals surface area contributed by atoms with Crippen molar-refractivity contribution < 1.29 is 5.11 Å². The highest BCUT2D eigenvalue weighted by Crippen LogP contribution is 2.23. The van der Waals surface area contributed by atoms with Crippen molar-refractivity contribution in [2.24, 2.45) is 0 Å². The fourth-order valence-electron chi connectivity index (χ4n) is 1.93. The van der Waals surface area contributed by atoms with E-state index in [1.54, 1.807) is 0 Å². The van der Waals surface area contributed by atoms with Gasteiger partial charge in [-0.05, 0) is 18.1 Å². The Morgan fingerprint density at radius 2 is 2.07 bits per heavy atom. The molecule has 2 N–H and O–H groups in total. The maximum Gasteiger partial charge on any atom is 0.0834 e. The maximum absolute atomic E-state index is 9.21. The van der Waals surface area contributed by atoms with Gasteiger partial charge in [0.15, 0.2) is 0 Å². The number of rotatable bonds is 3. The fourth-order valence-corrected chi connectivity index (χ4v) is 1.93. The summed E-state index contributed by atoms with van der Waals surface area (Å²) in [7, 11) is 0. The van der Waals surface area contributed by atoms with E-state index in [0.29, 0.717) is 0 Å². The monoisotopic (exact) mass is 189 g/mol. The topological polar surface area (TPSA) is 36.0 Å². The van der Waals surface area contributed by atoms with Crippen LogP contribution in [0.15, 0.2) is 24.3 Å². The van der Waals surface area contributed by atoms with E-state index in [-0.39, 0.29) is 6.61 Å². The van der Waals surface area contributed by atoms with Crippen LogP contribution >= 0.6 is 0 Å². The van der Waals surface area contributed by atoms with Gasteiger partial charge in [-0.25, -0.2) is 0 Å². The van der Waals surface area contributed by atoms with Crippen LogP contribution in [0, 0.1) is 0 Å². The van der Waals surface area contributed by atoms with Gasteiger partial charge in [0.25, 0.3) is 0 Å². The molecule has 0 saturated heterocycles. The number of aromatic nitrogens is 1. The fraction of sp³-hybridized carbons (Fsp3) is 0.333. The average molecular weight is 189 g/mol. The Morgan fingerprint density at radius 1 is 1.29 bits per heavy atom. The van der Waals surface area contributed by atoms with E-state index < -0.39 is 0 Å². The highest BCUT2D eigenvalue weighted by atomic mass is 16.3. The summed E-state index contributed by atoms with van der Waals surface area (Å²) in [5, 5.41) is 10.5. The van der Waals surface area contributed by atoms with Crippen LogP contribution in [-0.2, 0) is 13.0 Å². The molecule has 0 bridgehead atoms. The van der Waals surface area contributed by atoms with Crippen molar-refractivity contribution in [1.29, 1.82) is 0 Å². The van der Waals surface area contributed by atoms with Gasteiger partial charge in [-0.1, -0.05) is 31.5 Å². The molecule has 1 heterocycles. The number of fused-ring (bicyclic) bond motifs is 1. The number of aromatic amines is 1. The zero-order chi connectivity index (χ0) is 9.97. The minimum absolute atomic E-state index is 0.101. The van der Waals surface area contributed by atoms with Crippen LogP contribution < -0.4 is 0 Å². The molecule has 0 amide bonds. The molecule has 0 aliphatic carbocycles. The van der Waals surface area contributed by atoms with Crippen LogP contribution in [0.1, 0.15) is 24.6 Å². The largest absolute Gasteiger partial charge is 0.390 e. The summed E-state index contributed by atoms with van der Waals surface area (Å²) in [5.74, 6) is 0. The minimum atomic E-state index is 0.101. The van der Waals surface area contributed by atoms with Crippen LogP contribution in [0.4, 0.5) is 0 Å². The number of hydrogen-bond acceptors (Lipinski definition) is 1. The van der Waals surface area contributed by atoms with Crippen molar-refractivity contribution in [1.82, 2.24) is 4.98 Å². The third kappa shape index (κ3) is 1.42. The maximum atomic E-state index is 9.21. The van der Waals surface area contributed by atoms with Crippen LogP contribution in [0.5, 0.6) is 0 Å². The number of aryl methyl sites for hydroxylation is 1. The Labute approximate surface area is 83.6 Å². The molecular weight excluding hydrogens is 174 g/mol. The predicted molar refractivity (Wildman–Crippen MR) is 58.2 cm³/mol. The van der Waals surface area contributed by atoms with Crippen molar-refractivity contribution in [3.8, 4) is 0 Å². The molecule has 0 aliphatic heterocycles. The average Bonchev–Trinajstić information content (AvgIpc) is 2.58. The SMILES string of the molecule is CCCc1c(CO)[nH]c2ccccc12. The van der Waals surface area contributed by atoms with Crippen molar-refractivity contribution >= 4 is 10.9 Å². The third-order valence-corrected chi connectivity index (χ3v) is 2.56. The number of aliphatic hydroxyl groups is 1. The first kappa shape index (κ1) is 9.28. The van der Waals surface area contributed by atoms with Crippen LogP contribution in [-0.4, -0.2) is 10.1 Å². The Morgan fingerprint density at radius 3 is 2.79 bits per heavy atom. The molecule has 0 unspecified atom stereocenters. The predicted octanol–water partition coefficient (Wildman–Crippen LogP) is 2.61. The quantitative estimate of drug-likeness (QED) is 0.765. The number of H-pyrrole nitrogens is 1. The van der Waals surface area contributed by atoms with E-state index >= 15 is 0 Å². The van der Waals surface area contributed by atoms with Gasteiger partial charge in [0.2, 0.25) is 0 Å². The van der Waals surface area contributed by atoms with Crippen LogP contribution in [0.2, 0.25) is 0 Å². The molecule has 0 atom stereocenters. The summed E-state index contributed by atoms with van der Waals surface area (Å²) >= 11 is 0. The molecule has 2 aromatic rings. The molecule has 74 valence electrons. The molecule has 0 aliphatic rings. The van der Waals surface area contributed by atoms with Gasteiger partial charge in [-0.3, -0.25) is 0 Å². The summed E-state index contributed by atoms with van der Waals surface area (Å²) in [6.07, 6.45) is 2.13. The van der Waals surface area contributed by atoms with E-state index in [0.717, 1.165) is 24.1 Å². The Hall–Kier alpha value is -1.28. The molecule has 2 nitrogen and oxygen atoms in total. The summed E-state index contributed by atoms with van der Waals surface area (Å²) in [5.41, 5.74) is 3.36. The van der Waals surface area contributed by atoms with Crippen molar-refractivity contribution in [2.75, 3.05) is 0 Å². The lowest BCUT2D eigenvalue weighted by Gasteiger charge is -1.98. The van der Waals surface area contributed by atoms with Gasteiger partial charge in [-0.15, -0.1) is 0 Å². The molecule has 2 rings (SSSR count). The molecule has 1 aromatic carbocycles. The molecule has 1 aromatic heterocycles. The summed E-state index contributed by atoms with van der Waals surface area (Å²) in [6, 6.07) is 8.20. The molecule has 0 saturated carbocycles. The van der Waals surface area contributed by atoms with E-state index in [1.807, 2.05) is 18.2 Å². The van der Waals surface area contributed by atoms with Crippen molar-refractivity contribution in [3.05, 3.63) is 35.5 Å². The van der Waals surface area contributed by atoms with E-state index in [2.05, 4.69) is 18.0 Å². The summed E-state index contributed by atoms with van der Waals surface area (Å²) in [4.78, 5) is 3.25. The van der Waals surface area contributed by atoms with Gasteiger partial charge in [0, 0.05) is 16.6 Å². The second kappa shape index (κ2) is 3.84. The lowest BCUT2D eigenvalue weighted by molar-refractivity contribution is 0.276. The highest BCUT2D eigenvalue weighted by molar-refractivity contribution is 5.84. The second-order valence-corrected chi connectivity index (χ2v) is 3.54. The Kier molecular flexibility index (Phi) is 2.55. The molecule has 2 heteroatoms. The van der Waals surface area contributed by atoms with E-state index in [4.69, 9.17) is 0 Å². The van der Waals surface area contributed by atoms with E-state index in [9.17, 15) is 5.11 Å². The molecule has 0 radical (unpaired) electrons. The molecule has 0 fully saturated rings. The first-order valence-electron chi connectivity index (χ1n) is 5.06. The van der Waals surface area contributed by atoms with Gasteiger partial charge < -0.3 is 10.1 Å². The van der Waals surface area contributed by atoms with Gasteiger partial charge in [0.05, 0.1) is 6.61 Å². The second-order valence-electron chi connectivity index (χ2n) is 3.54. The normalized spacial score (nSPS) is 11.0. The summed E-state index contributed by atoms with van der Waals surface area (Å²) in [6.45, 7) is 2.26. The Bertz CT molecular complexity index is 431. The number of benzene rings is 1. The van der Waals surface area contributed by atoms with Crippen molar-refractivity contribution in [2.45, 2.75) is 26.4 Å². The Balaban J connectivity index is 2.61. The minimum Gasteiger partial charge on any atom is -0.390 e. The van der Waals surface area contributed by atoms with Gasteiger partial charge in [0.1, 0.15) is 0 Å². The number of hydrogen-bond donors (Lipinski definition) is 2. The smallest absolute Gasteiger partial charge is 0.0834 e. The summed E-state index contributed by atoms with van der Waals surface area (Å²) < 4.78 is 0. The van der Waals surface area contributed by atoms with Gasteiger partial charge in [-0.2, -0.15) is 0 Å². The van der Waals surface area contributed by atoms with Gasteiger partial charge >= 0.3 is 0 Å². The zero-order valence-corrected chi connectivity index (χ0v) is 8.38. The standard InChI is InChI=1S/C12H15NO/c1-2-5-9-10-6-3-4-7-11(10)13-12(9)8-14/h3-4,6-7,13-14H,2,5,8H2,1H3. The first-order valence-corrected chi connectivity index (χ1v) is 5.06. The molecule has 0 spiro atoms. The van der Waals surface area contributed by atoms with Crippen LogP contribution in [0.25, 0.3) is 10.9 Å². The molecule has 14 heavy (non-hydrogen) atoms. The third-order valence-electron chi connectivity index (χ3n) is 2.56. The zero-order valence-electron chi connectivity index (χ0n) is 8.38. The lowest BCUT2D eigenvalue weighted by Crippen LogP contribution is -1.90. The molecular formula is C12H15NO. The lowest BCUT2D eigenvalue weighted by atomic mass is 10.1. The highest BCUT2D eigenvalue weighted by Gasteiger charge is 2.08. The van der Waals surface area contributed by atoms with E-state index in [1.165, 1.54) is 10.9 Å². The number of nitrogens with one attached hydrogen (secondary N) is 1. The number of para-hydroxylation sites is 1. The van der Waals surface area contributed by atoms with Crippen molar-refractivity contribution in [3.63, 3.8) is 0 Å².